The molecule has 0 aliphatic rings. The smallest absolute Gasteiger partial charge is 0.210 e. The highest BCUT2D eigenvalue weighted by molar-refractivity contribution is 5.48. The average Bonchev–Trinajstić information content (AvgIpc) is 2.50. The van der Waals surface area contributed by atoms with Crippen LogP contribution in [0, 0.1) is 12.7 Å². The predicted molar refractivity (Wildman–Crippen MR) is 81.1 cm³/mol. The number of hydrogen-bond donors (Lipinski definition) is 2. The van der Waals surface area contributed by atoms with Gasteiger partial charge in [-0.3, -0.25) is 4.79 Å². The van der Waals surface area contributed by atoms with Crippen LogP contribution in [0.25, 0.3) is 0 Å². The predicted octanol–water partition coefficient (Wildman–Crippen LogP) is 2.75. The van der Waals surface area contributed by atoms with Gasteiger partial charge in [0.15, 0.2) is 0 Å². The lowest BCUT2D eigenvalue weighted by atomic mass is 10.1. The van der Waals surface area contributed by atoms with Crippen molar-refractivity contribution in [3.8, 4) is 11.5 Å². The van der Waals surface area contributed by atoms with Gasteiger partial charge in [0, 0.05) is 18.7 Å². The molecule has 22 heavy (non-hydrogen) atoms. The monoisotopic (exact) mass is 303 g/mol. The number of benzene rings is 2. The van der Waals surface area contributed by atoms with E-state index in [1.807, 2.05) is 0 Å². The van der Waals surface area contributed by atoms with Crippen LogP contribution >= 0.6 is 0 Å². The second-order valence-corrected chi connectivity index (χ2v) is 5.22. The van der Waals surface area contributed by atoms with Crippen molar-refractivity contribution in [3.63, 3.8) is 0 Å². The summed E-state index contributed by atoms with van der Waals surface area (Å²) in [5, 5.41) is 18.9. The van der Waals surface area contributed by atoms with Crippen molar-refractivity contribution >= 4 is 6.41 Å². The summed E-state index contributed by atoms with van der Waals surface area (Å²) in [6, 6.07) is 9.32. The van der Waals surface area contributed by atoms with E-state index in [4.69, 9.17) is 0 Å². The minimum Gasteiger partial charge on any atom is -0.508 e. The molecule has 0 radical (unpaired) electrons. The number of carbonyl (C=O) groups excluding carboxylic acids is 1. The molecule has 0 heterocycles. The van der Waals surface area contributed by atoms with Crippen LogP contribution in [0.3, 0.4) is 0 Å². The van der Waals surface area contributed by atoms with Gasteiger partial charge in [-0.1, -0.05) is 12.1 Å². The molecule has 0 aromatic heterocycles. The van der Waals surface area contributed by atoms with E-state index in [2.05, 4.69) is 0 Å². The third kappa shape index (κ3) is 3.97. The summed E-state index contributed by atoms with van der Waals surface area (Å²) < 4.78 is 13.9. The third-order valence-corrected chi connectivity index (χ3v) is 3.51. The van der Waals surface area contributed by atoms with Gasteiger partial charge in [-0.15, -0.1) is 0 Å². The van der Waals surface area contributed by atoms with Gasteiger partial charge in [0.05, 0.1) is 0 Å². The van der Waals surface area contributed by atoms with Gasteiger partial charge in [-0.05, 0) is 48.7 Å². The first kappa shape index (κ1) is 15.8. The SMILES string of the molecule is Cc1cc(F)c(CN(C=O)CCc2ccc(O)cc2)cc1O. The molecule has 0 atom stereocenters. The summed E-state index contributed by atoms with van der Waals surface area (Å²) in [4.78, 5) is 12.6. The largest absolute Gasteiger partial charge is 0.508 e. The highest BCUT2D eigenvalue weighted by Crippen LogP contribution is 2.22. The van der Waals surface area contributed by atoms with Gasteiger partial charge in [0.2, 0.25) is 6.41 Å². The van der Waals surface area contributed by atoms with E-state index in [0.717, 1.165) is 5.56 Å². The van der Waals surface area contributed by atoms with Crippen LogP contribution in [0.1, 0.15) is 16.7 Å². The first-order valence-electron chi connectivity index (χ1n) is 6.95. The Balaban J connectivity index is 2.02. The van der Waals surface area contributed by atoms with Crippen molar-refractivity contribution < 1.29 is 19.4 Å². The molecule has 0 bridgehead atoms. The van der Waals surface area contributed by atoms with Crippen LogP contribution < -0.4 is 0 Å². The van der Waals surface area contributed by atoms with E-state index in [9.17, 15) is 19.4 Å². The number of phenols is 2. The van der Waals surface area contributed by atoms with Crippen molar-refractivity contribution in [2.24, 2.45) is 0 Å². The van der Waals surface area contributed by atoms with Gasteiger partial charge in [0.25, 0.3) is 0 Å². The van der Waals surface area contributed by atoms with E-state index in [1.54, 1.807) is 31.2 Å². The Morgan fingerprint density at radius 1 is 1.18 bits per heavy atom. The molecule has 0 aliphatic carbocycles. The zero-order valence-electron chi connectivity index (χ0n) is 12.3. The number of aryl methyl sites for hydroxylation is 1. The highest BCUT2D eigenvalue weighted by Gasteiger charge is 2.11. The summed E-state index contributed by atoms with van der Waals surface area (Å²) in [5.41, 5.74) is 1.71. The minimum absolute atomic E-state index is 0.0146. The van der Waals surface area contributed by atoms with Crippen molar-refractivity contribution in [2.75, 3.05) is 6.54 Å². The molecule has 2 aromatic carbocycles. The van der Waals surface area contributed by atoms with E-state index in [1.165, 1.54) is 17.0 Å². The number of carbonyl (C=O) groups is 1. The summed E-state index contributed by atoms with van der Waals surface area (Å²) >= 11 is 0. The lowest BCUT2D eigenvalue weighted by Crippen LogP contribution is -2.24. The molecular formula is C17H18FNO3. The summed E-state index contributed by atoms with van der Waals surface area (Å²) in [7, 11) is 0. The number of rotatable bonds is 6. The minimum atomic E-state index is -0.438. The van der Waals surface area contributed by atoms with Gasteiger partial charge >= 0.3 is 0 Å². The zero-order valence-corrected chi connectivity index (χ0v) is 12.3. The van der Waals surface area contributed by atoms with E-state index < -0.39 is 5.82 Å². The van der Waals surface area contributed by atoms with Crippen molar-refractivity contribution in [3.05, 3.63) is 58.9 Å². The summed E-state index contributed by atoms with van der Waals surface area (Å²) in [5.74, 6) is -0.235. The first-order chi connectivity index (χ1) is 10.5. The fourth-order valence-corrected chi connectivity index (χ4v) is 2.15. The van der Waals surface area contributed by atoms with Crippen molar-refractivity contribution in [2.45, 2.75) is 19.9 Å². The molecule has 0 saturated heterocycles. The maximum absolute atomic E-state index is 13.9. The molecule has 2 N–H and O–H groups in total. The van der Waals surface area contributed by atoms with Gasteiger partial charge in [-0.25, -0.2) is 4.39 Å². The fourth-order valence-electron chi connectivity index (χ4n) is 2.15. The molecule has 0 aliphatic heterocycles. The van der Waals surface area contributed by atoms with E-state index in [-0.39, 0.29) is 23.6 Å². The fraction of sp³-hybridized carbons (Fsp3) is 0.235. The lowest BCUT2D eigenvalue weighted by Gasteiger charge is -2.18. The Hall–Kier alpha value is -2.56. The van der Waals surface area contributed by atoms with Gasteiger partial charge in [-0.2, -0.15) is 0 Å². The van der Waals surface area contributed by atoms with Crippen molar-refractivity contribution in [1.82, 2.24) is 4.90 Å². The molecule has 2 rings (SSSR count). The molecule has 5 heteroatoms. The first-order valence-corrected chi connectivity index (χ1v) is 6.95. The Kier molecular flexibility index (Phi) is 4.99. The average molecular weight is 303 g/mol. The number of hydrogen-bond acceptors (Lipinski definition) is 3. The lowest BCUT2D eigenvalue weighted by molar-refractivity contribution is -0.118. The Morgan fingerprint density at radius 3 is 2.50 bits per heavy atom. The molecule has 0 saturated carbocycles. The van der Waals surface area contributed by atoms with E-state index >= 15 is 0 Å². The van der Waals surface area contributed by atoms with Gasteiger partial charge < -0.3 is 15.1 Å². The molecule has 0 fully saturated rings. The van der Waals surface area contributed by atoms with Crippen LogP contribution in [-0.2, 0) is 17.8 Å². The summed E-state index contributed by atoms with van der Waals surface area (Å²) in [6.07, 6.45) is 1.26. The zero-order chi connectivity index (χ0) is 16.1. The van der Waals surface area contributed by atoms with Crippen molar-refractivity contribution in [1.29, 1.82) is 0 Å². The normalized spacial score (nSPS) is 10.5. The molecule has 0 unspecified atom stereocenters. The van der Waals surface area contributed by atoms with E-state index in [0.29, 0.717) is 24.9 Å². The second-order valence-electron chi connectivity index (χ2n) is 5.22. The second kappa shape index (κ2) is 6.93. The number of nitrogens with zero attached hydrogens (tertiary/aromatic N) is 1. The number of phenolic OH excluding ortho intramolecular Hbond substituents is 2. The molecule has 2 aromatic rings. The number of amides is 1. The van der Waals surface area contributed by atoms with Crippen LogP contribution in [-0.4, -0.2) is 28.1 Å². The Bertz CT molecular complexity index is 656. The topological polar surface area (TPSA) is 60.8 Å². The molecule has 1 amide bonds. The quantitative estimate of drug-likeness (QED) is 0.807. The highest BCUT2D eigenvalue weighted by atomic mass is 19.1. The maximum atomic E-state index is 13.9. The molecule has 4 nitrogen and oxygen atoms in total. The van der Waals surface area contributed by atoms with Crippen LogP contribution in [0.15, 0.2) is 36.4 Å². The number of aromatic hydroxyl groups is 2. The summed E-state index contributed by atoms with van der Waals surface area (Å²) in [6.45, 7) is 2.13. The Morgan fingerprint density at radius 2 is 1.86 bits per heavy atom. The van der Waals surface area contributed by atoms with Gasteiger partial charge in [0.1, 0.15) is 17.3 Å². The molecular weight excluding hydrogens is 285 g/mol. The number of halogens is 1. The van der Waals surface area contributed by atoms with Crippen LogP contribution in [0.4, 0.5) is 4.39 Å². The Labute approximate surface area is 128 Å². The molecule has 0 spiro atoms. The third-order valence-electron chi connectivity index (χ3n) is 3.51. The van der Waals surface area contributed by atoms with Crippen LogP contribution in [0.5, 0.6) is 11.5 Å². The maximum Gasteiger partial charge on any atom is 0.210 e. The molecule has 116 valence electrons. The van der Waals surface area contributed by atoms with Crippen LogP contribution in [0.2, 0.25) is 0 Å². The standard InChI is InChI=1S/C17H18FNO3/c1-12-8-16(18)14(9-17(12)22)10-19(11-20)7-6-13-2-4-15(21)5-3-13/h2-5,8-9,11,21-22H,6-7,10H2,1H3.